The van der Waals surface area contributed by atoms with E-state index in [1.54, 1.807) is 26.0 Å². The summed E-state index contributed by atoms with van der Waals surface area (Å²) < 4.78 is 6.10. The van der Waals surface area contributed by atoms with E-state index in [-0.39, 0.29) is 18.0 Å². The summed E-state index contributed by atoms with van der Waals surface area (Å²) in [4.78, 5) is 30.0. The number of anilines is 1. The van der Waals surface area contributed by atoms with Gasteiger partial charge in [0.1, 0.15) is 0 Å². The third-order valence-corrected chi connectivity index (χ3v) is 3.72. The van der Waals surface area contributed by atoms with E-state index in [0.29, 0.717) is 28.9 Å². The van der Waals surface area contributed by atoms with Crippen molar-refractivity contribution in [3.8, 4) is 0 Å². The number of carbonyl (C=O) groups is 1. The van der Waals surface area contributed by atoms with Crippen LogP contribution in [0, 0.1) is 6.92 Å². The molecule has 0 bridgehead atoms. The molecule has 114 valence electrons. The molecule has 0 spiro atoms. The highest BCUT2D eigenvalue weighted by molar-refractivity contribution is 7.20. The van der Waals surface area contributed by atoms with Gasteiger partial charge in [-0.1, -0.05) is 11.3 Å². The van der Waals surface area contributed by atoms with Gasteiger partial charge in [0, 0.05) is 32.5 Å². The molecule has 2 rings (SSSR count). The first-order valence-electron chi connectivity index (χ1n) is 6.35. The lowest BCUT2D eigenvalue weighted by Crippen LogP contribution is -2.36. The number of rotatable bonds is 6. The predicted molar refractivity (Wildman–Crippen MR) is 80.0 cm³/mol. The fourth-order valence-electron chi connectivity index (χ4n) is 1.70. The molecule has 1 amide bonds. The second-order valence-electron chi connectivity index (χ2n) is 4.51. The van der Waals surface area contributed by atoms with Crippen LogP contribution in [0.5, 0.6) is 0 Å². The minimum atomic E-state index is -0.224. The maximum absolute atomic E-state index is 11.8. The molecule has 0 atom stereocenters. The first-order chi connectivity index (χ1) is 10.0. The Morgan fingerprint density at radius 1 is 1.57 bits per heavy atom. The van der Waals surface area contributed by atoms with E-state index >= 15 is 0 Å². The van der Waals surface area contributed by atoms with Crippen LogP contribution >= 0.6 is 11.3 Å². The van der Waals surface area contributed by atoms with Gasteiger partial charge in [-0.15, -0.1) is 5.10 Å². The van der Waals surface area contributed by atoms with Crippen molar-refractivity contribution in [3.63, 3.8) is 0 Å². The van der Waals surface area contributed by atoms with Gasteiger partial charge in [0.15, 0.2) is 0 Å². The summed E-state index contributed by atoms with van der Waals surface area (Å²) in [6, 6.07) is 1.42. The molecule has 0 aliphatic heterocycles. The molecule has 0 saturated heterocycles. The second kappa shape index (κ2) is 6.64. The van der Waals surface area contributed by atoms with Gasteiger partial charge in [-0.2, -0.15) is 4.52 Å². The van der Waals surface area contributed by atoms with Crippen molar-refractivity contribution in [1.82, 2.24) is 19.9 Å². The summed E-state index contributed by atoms with van der Waals surface area (Å²) in [5.74, 6) is -0.134. The van der Waals surface area contributed by atoms with Crippen molar-refractivity contribution in [2.75, 3.05) is 38.8 Å². The fraction of sp³-hybridized carbons (Fsp3) is 0.500. The Balaban J connectivity index is 2.09. The Labute approximate surface area is 125 Å². The Morgan fingerprint density at radius 3 is 3.05 bits per heavy atom. The van der Waals surface area contributed by atoms with Crippen LogP contribution in [-0.2, 0) is 9.53 Å². The number of hydrogen-bond acceptors (Lipinski definition) is 7. The number of amides is 1. The average Bonchev–Trinajstić information content (AvgIpc) is 2.83. The summed E-state index contributed by atoms with van der Waals surface area (Å²) in [5.41, 5.74) is 0.424. The predicted octanol–water partition coefficient (Wildman–Crippen LogP) is -0.342. The van der Waals surface area contributed by atoms with Crippen molar-refractivity contribution in [2.24, 2.45) is 0 Å². The molecule has 9 heteroatoms. The number of hydrogen-bond donors (Lipinski definition) is 1. The van der Waals surface area contributed by atoms with E-state index in [1.807, 2.05) is 0 Å². The lowest BCUT2D eigenvalue weighted by Gasteiger charge is -2.14. The van der Waals surface area contributed by atoms with E-state index in [9.17, 15) is 9.59 Å². The fourth-order valence-corrected chi connectivity index (χ4v) is 2.61. The minimum Gasteiger partial charge on any atom is -0.383 e. The molecule has 21 heavy (non-hydrogen) atoms. The van der Waals surface area contributed by atoms with E-state index in [0.717, 1.165) is 0 Å². The summed E-state index contributed by atoms with van der Waals surface area (Å²) in [6.07, 6.45) is 0. The lowest BCUT2D eigenvalue weighted by atomic mass is 10.5. The van der Waals surface area contributed by atoms with Crippen molar-refractivity contribution in [1.29, 1.82) is 0 Å². The number of fused-ring (bicyclic) bond motifs is 1. The molecular formula is C12H17N5O3S. The van der Waals surface area contributed by atoms with E-state index in [2.05, 4.69) is 15.4 Å². The SMILES string of the molecule is COCCNC(=O)CN(C)c1nn2c(=O)cc(C)nc2s1. The van der Waals surface area contributed by atoms with Gasteiger partial charge < -0.3 is 15.0 Å². The van der Waals surface area contributed by atoms with Crippen LogP contribution in [0.3, 0.4) is 0 Å². The normalized spacial score (nSPS) is 10.8. The second-order valence-corrected chi connectivity index (χ2v) is 5.45. The number of likely N-dealkylation sites (N-methyl/N-ethyl adjacent to an activating group) is 1. The molecule has 2 aromatic heterocycles. The molecule has 1 N–H and O–H groups in total. The van der Waals surface area contributed by atoms with Crippen molar-refractivity contribution < 1.29 is 9.53 Å². The highest BCUT2D eigenvalue weighted by Crippen LogP contribution is 2.19. The third-order valence-electron chi connectivity index (χ3n) is 2.70. The van der Waals surface area contributed by atoms with Crippen LogP contribution in [0.15, 0.2) is 10.9 Å². The van der Waals surface area contributed by atoms with Crippen LogP contribution in [0.2, 0.25) is 0 Å². The molecule has 0 radical (unpaired) electrons. The number of aryl methyl sites for hydroxylation is 1. The summed E-state index contributed by atoms with van der Waals surface area (Å²) in [5, 5.41) is 7.47. The van der Waals surface area contributed by atoms with Gasteiger partial charge in [0.25, 0.3) is 5.56 Å². The molecule has 0 aromatic carbocycles. The molecule has 8 nitrogen and oxygen atoms in total. The summed E-state index contributed by atoms with van der Waals surface area (Å²) in [6.45, 7) is 2.84. The van der Waals surface area contributed by atoms with Gasteiger partial charge in [0.2, 0.25) is 16.0 Å². The van der Waals surface area contributed by atoms with E-state index < -0.39 is 0 Å². The van der Waals surface area contributed by atoms with Gasteiger partial charge in [-0.3, -0.25) is 9.59 Å². The van der Waals surface area contributed by atoms with Gasteiger partial charge in [0.05, 0.1) is 13.2 Å². The number of nitrogens with zero attached hydrogens (tertiary/aromatic N) is 4. The lowest BCUT2D eigenvalue weighted by molar-refractivity contribution is -0.119. The number of methoxy groups -OCH3 is 1. The van der Waals surface area contributed by atoms with Crippen molar-refractivity contribution in [2.45, 2.75) is 6.92 Å². The van der Waals surface area contributed by atoms with Gasteiger partial charge in [-0.25, -0.2) is 4.98 Å². The van der Waals surface area contributed by atoms with Gasteiger partial charge in [-0.05, 0) is 6.92 Å². The number of carbonyl (C=O) groups excluding carboxylic acids is 1. The van der Waals surface area contributed by atoms with Gasteiger partial charge >= 0.3 is 0 Å². The molecule has 2 aromatic rings. The maximum Gasteiger partial charge on any atom is 0.275 e. The highest BCUT2D eigenvalue weighted by Gasteiger charge is 2.13. The topological polar surface area (TPSA) is 88.8 Å². The molecule has 0 fully saturated rings. The Morgan fingerprint density at radius 2 is 2.33 bits per heavy atom. The van der Waals surface area contributed by atoms with Crippen LogP contribution in [0.25, 0.3) is 4.96 Å². The molecule has 2 heterocycles. The summed E-state index contributed by atoms with van der Waals surface area (Å²) >= 11 is 1.27. The molecule has 0 aliphatic rings. The largest absolute Gasteiger partial charge is 0.383 e. The highest BCUT2D eigenvalue weighted by atomic mass is 32.1. The minimum absolute atomic E-state index is 0.134. The third kappa shape index (κ3) is 3.76. The number of aromatic nitrogens is 3. The van der Waals surface area contributed by atoms with E-state index in [4.69, 9.17) is 4.74 Å². The monoisotopic (exact) mass is 311 g/mol. The zero-order chi connectivity index (χ0) is 15.4. The first kappa shape index (κ1) is 15.4. The van der Waals surface area contributed by atoms with Crippen molar-refractivity contribution in [3.05, 3.63) is 22.1 Å². The number of ether oxygens (including phenoxy) is 1. The number of nitrogens with one attached hydrogen (secondary N) is 1. The Hall–Kier alpha value is -2.00. The molecule has 0 aliphatic carbocycles. The van der Waals surface area contributed by atoms with Crippen LogP contribution in [-0.4, -0.2) is 54.4 Å². The zero-order valence-corrected chi connectivity index (χ0v) is 12.9. The standard InChI is InChI=1S/C12H17N5O3S/c1-8-6-10(19)17-11(14-8)21-12(15-17)16(2)7-9(18)13-4-5-20-3/h6H,4-5,7H2,1-3H3,(H,13,18). The molecular weight excluding hydrogens is 294 g/mol. The average molecular weight is 311 g/mol. The van der Waals surface area contributed by atoms with Crippen LogP contribution < -0.4 is 15.8 Å². The quantitative estimate of drug-likeness (QED) is 0.734. The molecule has 0 unspecified atom stereocenters. The zero-order valence-electron chi connectivity index (χ0n) is 12.1. The maximum atomic E-state index is 11.8. The smallest absolute Gasteiger partial charge is 0.275 e. The Kier molecular flexibility index (Phi) is 4.86. The Bertz CT molecular complexity index is 696. The first-order valence-corrected chi connectivity index (χ1v) is 7.17. The van der Waals surface area contributed by atoms with Crippen LogP contribution in [0.1, 0.15) is 5.69 Å². The summed E-state index contributed by atoms with van der Waals surface area (Å²) in [7, 11) is 3.32. The van der Waals surface area contributed by atoms with E-state index in [1.165, 1.54) is 21.9 Å². The van der Waals surface area contributed by atoms with Crippen molar-refractivity contribution >= 4 is 27.3 Å². The molecule has 0 saturated carbocycles. The van der Waals surface area contributed by atoms with Crippen LogP contribution in [0.4, 0.5) is 5.13 Å².